The first-order chi connectivity index (χ1) is 9.02. The van der Waals surface area contributed by atoms with Crippen molar-refractivity contribution in [3.63, 3.8) is 0 Å². The molecule has 1 aromatic carbocycles. The molecule has 1 aromatic heterocycles. The maximum atomic E-state index is 13.0. The molecule has 2 rings (SSSR count). The van der Waals surface area contributed by atoms with E-state index in [9.17, 15) is 9.18 Å². The van der Waals surface area contributed by atoms with Crippen LogP contribution in [0.1, 0.15) is 21.7 Å². The number of hydrogen-bond donors (Lipinski definition) is 0. The fourth-order valence-electron chi connectivity index (χ4n) is 1.73. The van der Waals surface area contributed by atoms with Crippen molar-refractivity contribution in [2.75, 3.05) is 0 Å². The third kappa shape index (κ3) is 2.84. The maximum absolute atomic E-state index is 13.0. The molecular formula is C13H12BrFN2O2. The molecular weight excluding hydrogens is 315 g/mol. The minimum atomic E-state index is -0.466. The van der Waals surface area contributed by atoms with Crippen LogP contribution in [0.4, 0.5) is 4.39 Å². The molecule has 1 heterocycles. The minimum absolute atomic E-state index is 0.190. The highest BCUT2D eigenvalue weighted by Gasteiger charge is 2.12. The van der Waals surface area contributed by atoms with Crippen LogP contribution in [0.5, 0.6) is 5.75 Å². The first-order valence-corrected chi connectivity index (χ1v) is 6.37. The smallest absolute Gasteiger partial charge is 0.153 e. The number of aldehydes is 1. The fraction of sp³-hybridized carbons (Fsp3) is 0.231. The van der Waals surface area contributed by atoms with Crippen LogP contribution in [-0.2, 0) is 13.7 Å². The van der Waals surface area contributed by atoms with E-state index >= 15 is 0 Å². The number of halogens is 2. The monoisotopic (exact) mass is 326 g/mol. The van der Waals surface area contributed by atoms with Gasteiger partial charge in [-0.05, 0) is 41.1 Å². The maximum Gasteiger partial charge on any atom is 0.153 e. The van der Waals surface area contributed by atoms with Crippen LogP contribution in [0, 0.1) is 12.7 Å². The zero-order valence-electron chi connectivity index (χ0n) is 10.5. The van der Waals surface area contributed by atoms with Crippen LogP contribution in [0.15, 0.2) is 22.7 Å². The summed E-state index contributed by atoms with van der Waals surface area (Å²) in [5.41, 5.74) is 1.89. The van der Waals surface area contributed by atoms with Crippen molar-refractivity contribution in [2.45, 2.75) is 13.5 Å². The Morgan fingerprint density at radius 1 is 1.53 bits per heavy atom. The second-order valence-electron chi connectivity index (χ2n) is 4.06. The summed E-state index contributed by atoms with van der Waals surface area (Å²) >= 11 is 3.43. The molecule has 0 amide bonds. The van der Waals surface area contributed by atoms with E-state index < -0.39 is 5.82 Å². The van der Waals surface area contributed by atoms with Crippen LogP contribution in [0.25, 0.3) is 0 Å². The quantitative estimate of drug-likeness (QED) is 0.811. The topological polar surface area (TPSA) is 44.1 Å². The first-order valence-electron chi connectivity index (χ1n) is 5.58. The van der Waals surface area contributed by atoms with Crippen molar-refractivity contribution in [2.24, 2.45) is 7.05 Å². The molecule has 0 aliphatic carbocycles. The average molecular weight is 327 g/mol. The number of aromatic nitrogens is 2. The van der Waals surface area contributed by atoms with Crippen molar-refractivity contribution in [3.8, 4) is 5.75 Å². The molecule has 100 valence electrons. The summed E-state index contributed by atoms with van der Waals surface area (Å²) in [6.45, 7) is 2.12. The van der Waals surface area contributed by atoms with Gasteiger partial charge in [-0.2, -0.15) is 5.10 Å². The number of carbonyl (C=O) groups excluding carboxylic acids is 1. The molecule has 0 saturated heterocycles. The van der Waals surface area contributed by atoms with Gasteiger partial charge in [0.05, 0.1) is 21.4 Å². The van der Waals surface area contributed by atoms with Gasteiger partial charge in [-0.1, -0.05) is 0 Å². The Morgan fingerprint density at radius 2 is 2.26 bits per heavy atom. The van der Waals surface area contributed by atoms with E-state index in [1.165, 1.54) is 12.1 Å². The van der Waals surface area contributed by atoms with Gasteiger partial charge in [0.25, 0.3) is 0 Å². The third-order valence-electron chi connectivity index (χ3n) is 2.72. The zero-order chi connectivity index (χ0) is 14.0. The molecule has 0 fully saturated rings. The Labute approximate surface area is 118 Å². The summed E-state index contributed by atoms with van der Waals surface area (Å²) in [4.78, 5) is 10.9. The van der Waals surface area contributed by atoms with Crippen molar-refractivity contribution >= 4 is 22.2 Å². The largest absolute Gasteiger partial charge is 0.487 e. The molecule has 0 N–H and O–H groups in total. The highest BCUT2D eigenvalue weighted by molar-refractivity contribution is 9.10. The van der Waals surface area contributed by atoms with E-state index in [0.717, 1.165) is 21.9 Å². The lowest BCUT2D eigenvalue weighted by molar-refractivity contribution is 0.111. The standard InChI is InChI=1S/C13H12BrFN2O2/c1-8-13(14)11(17(2)16-8)7-19-12-4-3-10(15)5-9(12)6-18/h3-6H,7H2,1-2H3. The molecule has 19 heavy (non-hydrogen) atoms. The molecule has 4 nitrogen and oxygen atoms in total. The Bertz CT molecular complexity index is 625. The lowest BCUT2D eigenvalue weighted by atomic mass is 10.2. The highest BCUT2D eigenvalue weighted by Crippen LogP contribution is 2.23. The van der Waals surface area contributed by atoms with E-state index in [2.05, 4.69) is 21.0 Å². The predicted octanol–water partition coefficient (Wildman–Crippen LogP) is 3.02. The predicted molar refractivity (Wildman–Crippen MR) is 71.8 cm³/mol. The summed E-state index contributed by atoms with van der Waals surface area (Å²) in [6.07, 6.45) is 0.571. The van der Waals surface area contributed by atoms with Gasteiger partial charge in [0.1, 0.15) is 18.2 Å². The Balaban J connectivity index is 2.21. The van der Waals surface area contributed by atoms with E-state index in [-0.39, 0.29) is 12.2 Å². The Morgan fingerprint density at radius 3 is 2.84 bits per heavy atom. The first kappa shape index (κ1) is 13.7. The Kier molecular flexibility index (Phi) is 3.99. The molecule has 0 spiro atoms. The summed E-state index contributed by atoms with van der Waals surface area (Å²) in [5, 5.41) is 4.24. The lowest BCUT2D eigenvalue weighted by Crippen LogP contribution is -2.05. The van der Waals surface area contributed by atoms with Crippen molar-refractivity contribution in [1.29, 1.82) is 0 Å². The van der Waals surface area contributed by atoms with E-state index in [0.29, 0.717) is 12.0 Å². The second-order valence-corrected chi connectivity index (χ2v) is 4.85. The van der Waals surface area contributed by atoms with E-state index in [1.54, 1.807) is 4.68 Å². The zero-order valence-corrected chi connectivity index (χ0v) is 12.1. The molecule has 6 heteroatoms. The van der Waals surface area contributed by atoms with Crippen LogP contribution in [-0.4, -0.2) is 16.1 Å². The summed E-state index contributed by atoms with van der Waals surface area (Å²) in [5.74, 6) is -0.117. The van der Waals surface area contributed by atoms with Gasteiger partial charge in [0.2, 0.25) is 0 Å². The highest BCUT2D eigenvalue weighted by atomic mass is 79.9. The summed E-state index contributed by atoms with van der Waals surface area (Å²) in [6, 6.07) is 3.84. The molecule has 2 aromatic rings. The molecule has 0 saturated carbocycles. The average Bonchev–Trinajstić information content (AvgIpc) is 2.62. The molecule has 0 bridgehead atoms. The Hall–Kier alpha value is -1.69. The number of nitrogens with zero attached hydrogens (tertiary/aromatic N) is 2. The lowest BCUT2D eigenvalue weighted by Gasteiger charge is -2.09. The van der Waals surface area contributed by atoms with Gasteiger partial charge in [0, 0.05) is 7.05 Å². The molecule has 0 atom stereocenters. The van der Waals surface area contributed by atoms with Crippen LogP contribution >= 0.6 is 15.9 Å². The number of hydrogen-bond acceptors (Lipinski definition) is 3. The summed E-state index contributed by atoms with van der Waals surface area (Å²) < 4.78 is 21.1. The van der Waals surface area contributed by atoms with Crippen LogP contribution in [0.3, 0.4) is 0 Å². The van der Waals surface area contributed by atoms with Crippen LogP contribution < -0.4 is 4.74 Å². The van der Waals surface area contributed by atoms with Crippen molar-refractivity contribution in [1.82, 2.24) is 9.78 Å². The third-order valence-corrected chi connectivity index (χ3v) is 3.76. The molecule has 0 radical (unpaired) electrons. The van der Waals surface area contributed by atoms with Gasteiger partial charge in [-0.15, -0.1) is 0 Å². The van der Waals surface area contributed by atoms with Crippen molar-refractivity contribution in [3.05, 3.63) is 45.4 Å². The van der Waals surface area contributed by atoms with Gasteiger partial charge in [-0.25, -0.2) is 4.39 Å². The minimum Gasteiger partial charge on any atom is -0.487 e. The second kappa shape index (κ2) is 5.52. The van der Waals surface area contributed by atoms with Crippen LogP contribution in [0.2, 0.25) is 0 Å². The van der Waals surface area contributed by atoms with Gasteiger partial charge >= 0.3 is 0 Å². The number of ether oxygens (including phenoxy) is 1. The number of carbonyl (C=O) groups is 1. The normalized spacial score (nSPS) is 10.5. The molecule has 0 aliphatic heterocycles. The SMILES string of the molecule is Cc1nn(C)c(COc2ccc(F)cc2C=O)c1Br. The molecule has 0 unspecified atom stereocenters. The molecule has 0 aliphatic rings. The van der Waals surface area contributed by atoms with Gasteiger partial charge in [-0.3, -0.25) is 9.48 Å². The van der Waals surface area contributed by atoms with Gasteiger partial charge in [0.15, 0.2) is 6.29 Å². The van der Waals surface area contributed by atoms with E-state index in [4.69, 9.17) is 4.74 Å². The van der Waals surface area contributed by atoms with Gasteiger partial charge < -0.3 is 4.74 Å². The van der Waals surface area contributed by atoms with Crippen molar-refractivity contribution < 1.29 is 13.9 Å². The van der Waals surface area contributed by atoms with E-state index in [1.807, 2.05) is 14.0 Å². The fourth-order valence-corrected chi connectivity index (χ4v) is 2.18. The number of aryl methyl sites for hydroxylation is 2. The number of rotatable bonds is 4. The summed E-state index contributed by atoms with van der Waals surface area (Å²) in [7, 11) is 1.81. The number of benzene rings is 1.